The quantitative estimate of drug-likeness (QED) is 0.798. The fourth-order valence-electron chi connectivity index (χ4n) is 1.25. The van der Waals surface area contributed by atoms with Crippen LogP contribution >= 0.6 is 31.9 Å². The maximum Gasteiger partial charge on any atom is 0.407 e. The maximum atomic E-state index is 11.3. The Balaban J connectivity index is 2.08. The topological polar surface area (TPSA) is 38.3 Å². The van der Waals surface area contributed by atoms with Gasteiger partial charge < -0.3 is 10.1 Å². The summed E-state index contributed by atoms with van der Waals surface area (Å²) in [5.74, 6) is 0.604. The SMILES string of the molecule is CC(C)(C)OC(=O)NCCC1CC1(Br)Br. The summed E-state index contributed by atoms with van der Waals surface area (Å²) in [7, 11) is 0. The number of halogens is 2. The molecular weight excluding hydrogens is 326 g/mol. The monoisotopic (exact) mass is 341 g/mol. The molecule has 1 rings (SSSR count). The van der Waals surface area contributed by atoms with Gasteiger partial charge in [-0.05, 0) is 39.5 Å². The van der Waals surface area contributed by atoms with Gasteiger partial charge in [0.15, 0.2) is 0 Å². The second-order valence-electron chi connectivity index (χ2n) is 4.88. The molecule has 0 aliphatic heterocycles. The van der Waals surface area contributed by atoms with Crippen LogP contribution in [0.3, 0.4) is 0 Å². The Labute approximate surface area is 108 Å². The highest BCUT2D eigenvalue weighted by molar-refractivity contribution is 9.25. The van der Waals surface area contributed by atoms with Gasteiger partial charge >= 0.3 is 6.09 Å². The predicted octanol–water partition coefficient (Wildman–Crippen LogP) is 3.41. The Morgan fingerprint density at radius 2 is 2.07 bits per heavy atom. The number of hydrogen-bond donors (Lipinski definition) is 1. The van der Waals surface area contributed by atoms with Crippen LogP contribution in [0.1, 0.15) is 33.6 Å². The lowest BCUT2D eigenvalue weighted by Gasteiger charge is -2.19. The summed E-state index contributed by atoms with van der Waals surface area (Å²) < 4.78 is 5.24. The molecule has 0 radical (unpaired) electrons. The van der Waals surface area contributed by atoms with Crippen LogP contribution in [0, 0.1) is 5.92 Å². The van der Waals surface area contributed by atoms with Crippen molar-refractivity contribution in [1.29, 1.82) is 0 Å². The normalized spacial score (nSPS) is 23.4. The van der Waals surface area contributed by atoms with Gasteiger partial charge in [0.25, 0.3) is 0 Å². The van der Waals surface area contributed by atoms with E-state index >= 15 is 0 Å². The molecule has 1 aliphatic carbocycles. The summed E-state index contributed by atoms with van der Waals surface area (Å²) in [6.45, 7) is 6.24. The summed E-state index contributed by atoms with van der Waals surface area (Å²) >= 11 is 7.08. The molecule has 0 aromatic carbocycles. The van der Waals surface area contributed by atoms with E-state index in [0.717, 1.165) is 12.8 Å². The van der Waals surface area contributed by atoms with Crippen molar-refractivity contribution in [2.45, 2.75) is 42.4 Å². The Kier molecular flexibility index (Phi) is 4.09. The van der Waals surface area contributed by atoms with Gasteiger partial charge in [0.1, 0.15) is 5.60 Å². The average molecular weight is 343 g/mol. The molecule has 1 fully saturated rings. The van der Waals surface area contributed by atoms with Crippen molar-refractivity contribution in [2.75, 3.05) is 6.54 Å². The van der Waals surface area contributed by atoms with E-state index in [4.69, 9.17) is 4.74 Å². The molecule has 15 heavy (non-hydrogen) atoms. The molecule has 1 aliphatic rings. The molecule has 0 heterocycles. The van der Waals surface area contributed by atoms with Crippen molar-refractivity contribution in [3.63, 3.8) is 0 Å². The number of alkyl carbamates (subject to hydrolysis) is 1. The predicted molar refractivity (Wildman–Crippen MR) is 67.5 cm³/mol. The van der Waals surface area contributed by atoms with Gasteiger partial charge in [-0.15, -0.1) is 0 Å². The highest BCUT2D eigenvalue weighted by atomic mass is 79.9. The third-order valence-corrected chi connectivity index (χ3v) is 4.06. The number of carbonyl (C=O) groups excluding carboxylic acids is 1. The molecule has 0 aromatic rings. The zero-order valence-corrected chi connectivity index (χ0v) is 12.4. The molecule has 1 unspecified atom stereocenters. The van der Waals surface area contributed by atoms with Crippen LogP contribution in [0.15, 0.2) is 0 Å². The summed E-state index contributed by atoms with van der Waals surface area (Å²) in [4.78, 5) is 11.3. The summed E-state index contributed by atoms with van der Waals surface area (Å²) in [6, 6.07) is 0. The molecule has 0 aromatic heterocycles. The minimum Gasteiger partial charge on any atom is -0.444 e. The second-order valence-corrected chi connectivity index (χ2v) is 8.77. The van der Waals surface area contributed by atoms with Gasteiger partial charge in [0, 0.05) is 6.54 Å². The minimum atomic E-state index is -0.418. The standard InChI is InChI=1S/C10H17Br2NO2/c1-9(2,3)15-8(14)13-5-4-7-6-10(7,11)12/h7H,4-6H2,1-3H3,(H,13,14). The Morgan fingerprint density at radius 3 is 2.47 bits per heavy atom. The van der Waals surface area contributed by atoms with Gasteiger partial charge in [0.2, 0.25) is 0 Å². The molecule has 88 valence electrons. The number of nitrogens with one attached hydrogen (secondary N) is 1. The van der Waals surface area contributed by atoms with E-state index in [1.165, 1.54) is 0 Å². The number of alkyl halides is 2. The van der Waals surface area contributed by atoms with Crippen molar-refractivity contribution in [3.8, 4) is 0 Å². The minimum absolute atomic E-state index is 0.121. The number of carbonyl (C=O) groups is 1. The number of amides is 1. The third-order valence-electron chi connectivity index (χ3n) is 2.12. The fraction of sp³-hybridized carbons (Fsp3) is 0.900. The van der Waals surface area contributed by atoms with E-state index in [0.29, 0.717) is 12.5 Å². The number of rotatable bonds is 3. The highest BCUT2D eigenvalue weighted by Gasteiger charge is 2.49. The summed E-state index contributed by atoms with van der Waals surface area (Å²) in [5.41, 5.74) is -0.418. The first-order valence-corrected chi connectivity index (χ1v) is 6.64. The van der Waals surface area contributed by atoms with Crippen molar-refractivity contribution >= 4 is 38.0 Å². The van der Waals surface area contributed by atoms with E-state index in [1.54, 1.807) is 0 Å². The maximum absolute atomic E-state index is 11.3. The number of hydrogen-bond acceptors (Lipinski definition) is 2. The van der Waals surface area contributed by atoms with Crippen molar-refractivity contribution in [2.24, 2.45) is 5.92 Å². The van der Waals surface area contributed by atoms with E-state index in [9.17, 15) is 4.79 Å². The molecule has 1 atom stereocenters. The molecule has 0 saturated heterocycles. The Morgan fingerprint density at radius 1 is 1.53 bits per heavy atom. The van der Waals surface area contributed by atoms with Crippen LogP contribution in [0.5, 0.6) is 0 Å². The fourth-order valence-corrected chi connectivity index (χ4v) is 2.48. The average Bonchev–Trinajstić information content (AvgIpc) is 2.54. The molecule has 0 bridgehead atoms. The van der Waals surface area contributed by atoms with Crippen LogP contribution < -0.4 is 5.32 Å². The van der Waals surface area contributed by atoms with Crippen LogP contribution in [0.2, 0.25) is 0 Å². The van der Waals surface area contributed by atoms with Gasteiger partial charge in [0.05, 0.1) is 3.23 Å². The van der Waals surface area contributed by atoms with Gasteiger partial charge in [-0.3, -0.25) is 0 Å². The second kappa shape index (κ2) is 4.62. The molecule has 1 amide bonds. The third kappa shape index (κ3) is 5.20. The molecule has 0 spiro atoms. The van der Waals surface area contributed by atoms with Crippen LogP contribution in [-0.4, -0.2) is 21.5 Å². The lowest BCUT2D eigenvalue weighted by molar-refractivity contribution is 0.0526. The van der Waals surface area contributed by atoms with E-state index in [-0.39, 0.29) is 9.33 Å². The zero-order chi connectivity index (χ0) is 11.7. The van der Waals surface area contributed by atoms with Crippen LogP contribution in [0.4, 0.5) is 4.79 Å². The highest BCUT2D eigenvalue weighted by Crippen LogP contribution is 2.57. The largest absolute Gasteiger partial charge is 0.444 e. The molecule has 1 saturated carbocycles. The van der Waals surface area contributed by atoms with Crippen LogP contribution in [0.25, 0.3) is 0 Å². The molecule has 1 N–H and O–H groups in total. The number of ether oxygens (including phenoxy) is 1. The van der Waals surface area contributed by atoms with E-state index in [2.05, 4.69) is 37.2 Å². The molecule has 5 heteroatoms. The lowest BCUT2D eigenvalue weighted by Crippen LogP contribution is -2.33. The van der Waals surface area contributed by atoms with Crippen LogP contribution in [-0.2, 0) is 4.74 Å². The van der Waals surface area contributed by atoms with E-state index in [1.807, 2.05) is 20.8 Å². The molecule has 3 nitrogen and oxygen atoms in total. The van der Waals surface area contributed by atoms with Gasteiger partial charge in [-0.25, -0.2) is 4.79 Å². The van der Waals surface area contributed by atoms with Crippen molar-refractivity contribution in [3.05, 3.63) is 0 Å². The van der Waals surface area contributed by atoms with Crippen molar-refractivity contribution < 1.29 is 9.53 Å². The van der Waals surface area contributed by atoms with Gasteiger partial charge in [-0.2, -0.15) is 0 Å². The molecular formula is C10H17Br2NO2. The lowest BCUT2D eigenvalue weighted by atomic mass is 10.2. The smallest absolute Gasteiger partial charge is 0.407 e. The summed E-state index contributed by atoms with van der Waals surface area (Å²) in [6.07, 6.45) is 1.75. The Hall–Kier alpha value is 0.230. The van der Waals surface area contributed by atoms with Gasteiger partial charge in [-0.1, -0.05) is 31.9 Å². The van der Waals surface area contributed by atoms with E-state index < -0.39 is 5.60 Å². The zero-order valence-electron chi connectivity index (χ0n) is 9.27. The first-order chi connectivity index (χ1) is 6.71. The van der Waals surface area contributed by atoms with Crippen molar-refractivity contribution in [1.82, 2.24) is 5.32 Å². The first-order valence-electron chi connectivity index (χ1n) is 5.05. The Bertz CT molecular complexity index is 248. The summed E-state index contributed by atoms with van der Waals surface area (Å²) in [5, 5.41) is 2.75. The first kappa shape index (κ1) is 13.3.